The lowest BCUT2D eigenvalue weighted by Gasteiger charge is -2.06. The third-order valence-corrected chi connectivity index (χ3v) is 3.17. The summed E-state index contributed by atoms with van der Waals surface area (Å²) in [6, 6.07) is 14.2. The Morgan fingerprint density at radius 3 is 2.25 bits per heavy atom. The fraction of sp³-hybridized carbons (Fsp3) is 0.0556. The zero-order valence-corrected chi connectivity index (χ0v) is 12.8. The van der Waals surface area contributed by atoms with Gasteiger partial charge in [-0.25, -0.2) is 0 Å². The Hall–Kier alpha value is -3.59. The number of ether oxygens (including phenoxy) is 1. The molecule has 0 atom stereocenters. The molecule has 0 fully saturated rings. The maximum atomic E-state index is 12.1. The van der Waals surface area contributed by atoms with Gasteiger partial charge in [-0.1, -0.05) is 24.3 Å². The van der Waals surface area contributed by atoms with Crippen LogP contribution < -0.4 is 15.2 Å². The van der Waals surface area contributed by atoms with Crippen LogP contribution in [-0.2, 0) is 4.79 Å². The molecule has 1 N–H and O–H groups in total. The molecular formula is C18H13N2O4-. The minimum absolute atomic E-state index is 0.0216. The predicted octanol–water partition coefficient (Wildman–Crippen LogP) is 1.60. The van der Waals surface area contributed by atoms with Gasteiger partial charge in [-0.05, 0) is 41.5 Å². The Morgan fingerprint density at radius 2 is 1.75 bits per heavy atom. The maximum Gasteiger partial charge on any atom is 0.266 e. The normalized spacial score (nSPS) is 10.6. The van der Waals surface area contributed by atoms with Crippen molar-refractivity contribution in [2.75, 3.05) is 12.4 Å². The van der Waals surface area contributed by atoms with Gasteiger partial charge in [0.1, 0.15) is 17.4 Å². The van der Waals surface area contributed by atoms with Crippen LogP contribution in [-0.4, -0.2) is 19.0 Å². The molecule has 0 aromatic heterocycles. The molecule has 120 valence electrons. The highest BCUT2D eigenvalue weighted by Crippen LogP contribution is 2.16. The van der Waals surface area contributed by atoms with E-state index in [-0.39, 0.29) is 11.1 Å². The molecule has 24 heavy (non-hydrogen) atoms. The van der Waals surface area contributed by atoms with Gasteiger partial charge in [-0.15, -0.1) is 0 Å². The summed E-state index contributed by atoms with van der Waals surface area (Å²) in [5.41, 5.74) is 0.969. The van der Waals surface area contributed by atoms with E-state index >= 15 is 0 Å². The topological polar surface area (TPSA) is 102 Å². The minimum atomic E-state index is -1.29. The second kappa shape index (κ2) is 7.61. The van der Waals surface area contributed by atoms with E-state index in [1.165, 1.54) is 37.5 Å². The summed E-state index contributed by atoms with van der Waals surface area (Å²) in [5, 5.41) is 22.5. The van der Waals surface area contributed by atoms with Crippen LogP contribution in [0.3, 0.4) is 0 Å². The van der Waals surface area contributed by atoms with E-state index in [0.717, 1.165) is 0 Å². The van der Waals surface area contributed by atoms with Crippen LogP contribution in [0, 0.1) is 11.3 Å². The molecule has 2 aromatic carbocycles. The van der Waals surface area contributed by atoms with Crippen LogP contribution in [0.2, 0.25) is 0 Å². The lowest BCUT2D eigenvalue weighted by molar-refractivity contribution is -0.255. The van der Waals surface area contributed by atoms with Gasteiger partial charge in [0, 0.05) is 5.69 Å². The molecule has 0 aliphatic heterocycles. The molecule has 0 bridgehead atoms. The summed E-state index contributed by atoms with van der Waals surface area (Å²) in [4.78, 5) is 22.8. The number of methoxy groups -OCH3 is 1. The van der Waals surface area contributed by atoms with Gasteiger partial charge in [0.15, 0.2) is 0 Å². The second-order valence-corrected chi connectivity index (χ2v) is 4.76. The van der Waals surface area contributed by atoms with Crippen LogP contribution in [0.15, 0.2) is 54.1 Å². The molecule has 0 saturated carbocycles. The van der Waals surface area contributed by atoms with E-state index in [1.54, 1.807) is 24.3 Å². The number of rotatable bonds is 5. The molecular weight excluding hydrogens is 308 g/mol. The molecule has 6 nitrogen and oxygen atoms in total. The molecule has 2 aromatic rings. The van der Waals surface area contributed by atoms with E-state index in [9.17, 15) is 14.7 Å². The number of nitrogens with one attached hydrogen (secondary N) is 1. The zero-order valence-electron chi connectivity index (χ0n) is 12.8. The van der Waals surface area contributed by atoms with Crippen molar-refractivity contribution >= 4 is 23.6 Å². The summed E-state index contributed by atoms with van der Waals surface area (Å²) in [6.45, 7) is 0. The van der Waals surface area contributed by atoms with Crippen molar-refractivity contribution in [1.82, 2.24) is 0 Å². The summed E-state index contributed by atoms with van der Waals surface area (Å²) >= 11 is 0. The van der Waals surface area contributed by atoms with E-state index in [4.69, 9.17) is 10.00 Å². The van der Waals surface area contributed by atoms with Crippen molar-refractivity contribution in [1.29, 1.82) is 5.26 Å². The second-order valence-electron chi connectivity index (χ2n) is 4.76. The Kier molecular flexibility index (Phi) is 5.32. The summed E-state index contributed by atoms with van der Waals surface area (Å²) in [6.07, 6.45) is 1.37. The first-order valence-corrected chi connectivity index (χ1v) is 6.92. The van der Waals surface area contributed by atoms with Crippen molar-refractivity contribution in [3.05, 3.63) is 65.2 Å². The SMILES string of the molecule is COc1ccc(NC(=O)/C(C#N)=C/c2ccc(C(=O)[O-])cc2)cc1. The first kappa shape index (κ1) is 16.8. The molecule has 0 spiro atoms. The number of anilines is 1. The van der Waals surface area contributed by atoms with Crippen LogP contribution in [0.25, 0.3) is 6.08 Å². The van der Waals surface area contributed by atoms with Gasteiger partial charge in [0.2, 0.25) is 0 Å². The van der Waals surface area contributed by atoms with Gasteiger partial charge in [-0.2, -0.15) is 5.26 Å². The number of amides is 1. The summed E-state index contributed by atoms with van der Waals surface area (Å²) in [5.74, 6) is -1.20. The number of carboxylic acids is 1. The molecule has 0 aliphatic rings. The summed E-state index contributed by atoms with van der Waals surface area (Å²) in [7, 11) is 1.54. The number of hydrogen-bond acceptors (Lipinski definition) is 5. The smallest absolute Gasteiger partial charge is 0.266 e. The molecule has 2 rings (SSSR count). The van der Waals surface area contributed by atoms with Gasteiger partial charge >= 0.3 is 0 Å². The maximum absolute atomic E-state index is 12.1. The number of carbonyl (C=O) groups excluding carboxylic acids is 2. The van der Waals surface area contributed by atoms with Crippen molar-refractivity contribution in [3.63, 3.8) is 0 Å². The molecule has 0 unspecified atom stereocenters. The van der Waals surface area contributed by atoms with Crippen LogP contribution >= 0.6 is 0 Å². The fourth-order valence-corrected chi connectivity index (χ4v) is 1.90. The Labute approximate surface area is 138 Å². The number of benzene rings is 2. The lowest BCUT2D eigenvalue weighted by Crippen LogP contribution is -2.21. The Balaban J connectivity index is 2.15. The average molecular weight is 321 g/mol. The Bertz CT molecular complexity index is 816. The highest BCUT2D eigenvalue weighted by molar-refractivity contribution is 6.09. The number of nitrogens with zero attached hydrogens (tertiary/aromatic N) is 1. The molecule has 0 saturated heterocycles. The molecule has 0 aliphatic carbocycles. The zero-order chi connectivity index (χ0) is 17.5. The monoisotopic (exact) mass is 321 g/mol. The van der Waals surface area contributed by atoms with Crippen LogP contribution in [0.1, 0.15) is 15.9 Å². The highest BCUT2D eigenvalue weighted by atomic mass is 16.5. The number of aromatic carboxylic acids is 1. The van der Waals surface area contributed by atoms with Gasteiger partial charge in [0.25, 0.3) is 5.91 Å². The largest absolute Gasteiger partial charge is 0.545 e. The van der Waals surface area contributed by atoms with Gasteiger partial charge in [-0.3, -0.25) is 4.79 Å². The molecule has 0 heterocycles. The number of carbonyl (C=O) groups is 2. The van der Waals surface area contributed by atoms with E-state index in [0.29, 0.717) is 17.0 Å². The van der Waals surface area contributed by atoms with Crippen molar-refractivity contribution in [2.45, 2.75) is 0 Å². The van der Waals surface area contributed by atoms with Crippen LogP contribution in [0.5, 0.6) is 5.75 Å². The summed E-state index contributed by atoms with van der Waals surface area (Å²) < 4.78 is 5.03. The lowest BCUT2D eigenvalue weighted by atomic mass is 10.1. The molecule has 0 radical (unpaired) electrons. The predicted molar refractivity (Wildman–Crippen MR) is 86.0 cm³/mol. The van der Waals surface area contributed by atoms with Crippen molar-refractivity contribution in [2.24, 2.45) is 0 Å². The van der Waals surface area contributed by atoms with Gasteiger partial charge < -0.3 is 20.0 Å². The molecule has 6 heteroatoms. The number of hydrogen-bond donors (Lipinski definition) is 1. The third kappa shape index (κ3) is 4.21. The molecule has 1 amide bonds. The van der Waals surface area contributed by atoms with E-state index in [1.807, 2.05) is 6.07 Å². The Morgan fingerprint density at radius 1 is 1.12 bits per heavy atom. The minimum Gasteiger partial charge on any atom is -0.545 e. The fourth-order valence-electron chi connectivity index (χ4n) is 1.90. The van der Waals surface area contributed by atoms with E-state index < -0.39 is 11.9 Å². The van der Waals surface area contributed by atoms with Crippen molar-refractivity contribution < 1.29 is 19.4 Å². The first-order valence-electron chi connectivity index (χ1n) is 6.92. The highest BCUT2D eigenvalue weighted by Gasteiger charge is 2.09. The number of carboxylic acid groups (broad SMARTS) is 1. The third-order valence-electron chi connectivity index (χ3n) is 3.17. The average Bonchev–Trinajstić information content (AvgIpc) is 2.60. The standard InChI is InChI=1S/C18H14N2O4/c1-24-16-8-6-15(7-9-16)20-17(21)14(11-19)10-12-2-4-13(5-3-12)18(22)23/h2-10H,1H3,(H,20,21)(H,22,23)/p-1/b14-10+. The van der Waals surface area contributed by atoms with Gasteiger partial charge in [0.05, 0.1) is 13.1 Å². The number of nitriles is 1. The van der Waals surface area contributed by atoms with Crippen molar-refractivity contribution in [3.8, 4) is 11.8 Å². The van der Waals surface area contributed by atoms with Crippen LogP contribution in [0.4, 0.5) is 5.69 Å². The first-order chi connectivity index (χ1) is 11.5. The quantitative estimate of drug-likeness (QED) is 0.665. The van der Waals surface area contributed by atoms with E-state index in [2.05, 4.69) is 5.32 Å².